The molecule has 1 fully saturated rings. The van der Waals surface area contributed by atoms with Crippen LogP contribution in [0.3, 0.4) is 0 Å². The molecule has 2 N–H and O–H groups in total. The largest absolute Gasteiger partial charge is 0.381 e. The van der Waals surface area contributed by atoms with Crippen molar-refractivity contribution >= 4 is 41.5 Å². The molecule has 0 radical (unpaired) electrons. The second-order valence-corrected chi connectivity index (χ2v) is 7.04. The maximum Gasteiger partial charge on any atom is 0.191 e. The molecule has 1 aromatic carbocycles. The van der Waals surface area contributed by atoms with E-state index in [-0.39, 0.29) is 29.4 Å². The maximum absolute atomic E-state index is 6.21. The highest BCUT2D eigenvalue weighted by atomic mass is 127. The van der Waals surface area contributed by atoms with Crippen LogP contribution in [0.1, 0.15) is 32.3 Å². The number of aliphatic imine (C=N–C) groups is 1. The molecule has 0 aliphatic carbocycles. The second-order valence-electron chi connectivity index (χ2n) is 6.60. The monoisotopic (exact) mass is 465 g/mol. The van der Waals surface area contributed by atoms with Crippen LogP contribution in [0, 0.1) is 5.92 Å². The van der Waals surface area contributed by atoms with Gasteiger partial charge in [0.05, 0.1) is 0 Å². The van der Waals surface area contributed by atoms with Gasteiger partial charge in [0.2, 0.25) is 0 Å². The minimum atomic E-state index is 0. The van der Waals surface area contributed by atoms with Gasteiger partial charge >= 0.3 is 0 Å². The smallest absolute Gasteiger partial charge is 0.191 e. The third-order valence-electron chi connectivity index (χ3n) is 4.38. The van der Waals surface area contributed by atoms with Crippen molar-refractivity contribution in [1.29, 1.82) is 0 Å². The van der Waals surface area contributed by atoms with Crippen LogP contribution in [0.15, 0.2) is 29.3 Å². The van der Waals surface area contributed by atoms with Crippen LogP contribution >= 0.6 is 35.6 Å². The molecule has 1 heterocycles. The lowest BCUT2D eigenvalue weighted by molar-refractivity contribution is 0.0514. The van der Waals surface area contributed by atoms with E-state index < -0.39 is 0 Å². The molecule has 0 aromatic heterocycles. The molecular formula is C18H29ClIN3O. The molecule has 0 bridgehead atoms. The number of nitrogens with one attached hydrogen (secondary N) is 2. The van der Waals surface area contributed by atoms with E-state index in [4.69, 9.17) is 16.3 Å². The lowest BCUT2D eigenvalue weighted by Crippen LogP contribution is -2.48. The molecule has 1 aromatic rings. The molecule has 1 aliphatic heterocycles. The van der Waals surface area contributed by atoms with Crippen molar-refractivity contribution in [2.24, 2.45) is 10.9 Å². The molecule has 2 rings (SSSR count). The Bertz CT molecular complexity index is 531. The maximum atomic E-state index is 6.21. The molecule has 0 amide bonds. The zero-order chi connectivity index (χ0) is 16.7. The molecular weight excluding hydrogens is 437 g/mol. The van der Waals surface area contributed by atoms with E-state index in [1.54, 1.807) is 0 Å². The quantitative estimate of drug-likeness (QED) is 0.395. The minimum Gasteiger partial charge on any atom is -0.381 e. The predicted molar refractivity (Wildman–Crippen MR) is 113 cm³/mol. The Hall–Kier alpha value is -0.530. The molecule has 1 aliphatic rings. The zero-order valence-electron chi connectivity index (χ0n) is 14.8. The second kappa shape index (κ2) is 10.5. The standard InChI is InChI=1S/C18H28ClN3O.HI/c1-14(2)12-21-17(20-3)22-13-18(7-9-23-10-8-18)15-5-4-6-16(19)11-15;/h4-6,11,14H,7-10,12-13H2,1-3H3,(H2,20,21,22);1H. The molecule has 0 saturated carbocycles. The van der Waals surface area contributed by atoms with Crippen molar-refractivity contribution < 1.29 is 4.74 Å². The lowest BCUT2D eigenvalue weighted by atomic mass is 9.74. The topological polar surface area (TPSA) is 45.7 Å². The average molecular weight is 466 g/mol. The fourth-order valence-electron chi connectivity index (χ4n) is 2.92. The summed E-state index contributed by atoms with van der Waals surface area (Å²) >= 11 is 6.21. The first-order valence-electron chi connectivity index (χ1n) is 8.34. The molecule has 6 heteroatoms. The third-order valence-corrected chi connectivity index (χ3v) is 4.62. The predicted octanol–water partition coefficient (Wildman–Crippen LogP) is 3.83. The first kappa shape index (κ1) is 21.5. The summed E-state index contributed by atoms with van der Waals surface area (Å²) in [5.74, 6) is 1.44. The van der Waals surface area contributed by atoms with Gasteiger partial charge in [0.25, 0.3) is 0 Å². The van der Waals surface area contributed by atoms with E-state index in [9.17, 15) is 0 Å². The molecule has 24 heavy (non-hydrogen) atoms. The number of benzene rings is 1. The van der Waals surface area contributed by atoms with Gasteiger partial charge in [0.1, 0.15) is 0 Å². The van der Waals surface area contributed by atoms with E-state index >= 15 is 0 Å². The fourth-order valence-corrected chi connectivity index (χ4v) is 3.11. The Morgan fingerprint density at radius 2 is 2.00 bits per heavy atom. The summed E-state index contributed by atoms with van der Waals surface area (Å²) in [6.45, 7) is 7.68. The molecule has 1 saturated heterocycles. The average Bonchev–Trinajstić information content (AvgIpc) is 2.55. The summed E-state index contributed by atoms with van der Waals surface area (Å²) in [6, 6.07) is 8.21. The minimum absolute atomic E-state index is 0. The van der Waals surface area contributed by atoms with Crippen molar-refractivity contribution in [2.75, 3.05) is 33.4 Å². The van der Waals surface area contributed by atoms with Crippen molar-refractivity contribution in [1.82, 2.24) is 10.6 Å². The van der Waals surface area contributed by atoms with Crippen molar-refractivity contribution in [3.63, 3.8) is 0 Å². The summed E-state index contributed by atoms with van der Waals surface area (Å²) in [4.78, 5) is 4.32. The van der Waals surface area contributed by atoms with Gasteiger partial charge < -0.3 is 15.4 Å². The SMILES string of the molecule is CN=C(NCC(C)C)NCC1(c2cccc(Cl)c2)CCOCC1.I. The molecule has 0 atom stereocenters. The molecule has 136 valence electrons. The molecule has 0 spiro atoms. The van der Waals surface area contributed by atoms with E-state index in [0.717, 1.165) is 50.1 Å². The Labute approximate surface area is 167 Å². The number of halogens is 2. The third kappa shape index (κ3) is 6.08. The van der Waals surface area contributed by atoms with E-state index in [2.05, 4.69) is 41.6 Å². The molecule has 4 nitrogen and oxygen atoms in total. The van der Waals surface area contributed by atoms with Gasteiger partial charge in [-0.15, -0.1) is 24.0 Å². The van der Waals surface area contributed by atoms with Crippen LogP contribution in [0.2, 0.25) is 5.02 Å². The fraction of sp³-hybridized carbons (Fsp3) is 0.611. The van der Waals surface area contributed by atoms with Crippen LogP contribution in [-0.4, -0.2) is 39.3 Å². The highest BCUT2D eigenvalue weighted by Gasteiger charge is 2.34. The van der Waals surface area contributed by atoms with Crippen LogP contribution in [0.4, 0.5) is 0 Å². The summed E-state index contributed by atoms with van der Waals surface area (Å²) in [5.41, 5.74) is 1.32. The van der Waals surface area contributed by atoms with Gasteiger partial charge in [-0.1, -0.05) is 37.6 Å². The first-order chi connectivity index (χ1) is 11.1. The Morgan fingerprint density at radius 1 is 1.29 bits per heavy atom. The highest BCUT2D eigenvalue weighted by Crippen LogP contribution is 2.35. The summed E-state index contributed by atoms with van der Waals surface area (Å²) in [7, 11) is 1.81. The number of hydrogen-bond donors (Lipinski definition) is 2. The number of hydrogen-bond acceptors (Lipinski definition) is 2. The van der Waals surface area contributed by atoms with Gasteiger partial charge in [-0.3, -0.25) is 4.99 Å². The Morgan fingerprint density at radius 3 is 2.58 bits per heavy atom. The van der Waals surface area contributed by atoms with Crippen molar-refractivity contribution in [3.05, 3.63) is 34.9 Å². The van der Waals surface area contributed by atoms with E-state index in [1.807, 2.05) is 19.2 Å². The Kier molecular flexibility index (Phi) is 9.37. The number of rotatable bonds is 5. The van der Waals surface area contributed by atoms with Gasteiger partial charge in [-0.2, -0.15) is 0 Å². The summed E-state index contributed by atoms with van der Waals surface area (Å²) in [6.07, 6.45) is 1.98. The van der Waals surface area contributed by atoms with Crippen molar-refractivity contribution in [3.8, 4) is 0 Å². The van der Waals surface area contributed by atoms with Crippen LogP contribution < -0.4 is 10.6 Å². The number of ether oxygens (including phenoxy) is 1. The van der Waals surface area contributed by atoms with Gasteiger partial charge in [-0.05, 0) is 36.5 Å². The Balaban J connectivity index is 0.00000288. The van der Waals surface area contributed by atoms with Crippen LogP contribution in [0.5, 0.6) is 0 Å². The normalized spacial score (nSPS) is 17.3. The summed E-state index contributed by atoms with van der Waals surface area (Å²) in [5, 5.41) is 7.65. The highest BCUT2D eigenvalue weighted by molar-refractivity contribution is 14.0. The van der Waals surface area contributed by atoms with Gasteiger partial charge in [-0.25, -0.2) is 0 Å². The lowest BCUT2D eigenvalue weighted by Gasteiger charge is -2.38. The molecule has 0 unspecified atom stereocenters. The van der Waals surface area contributed by atoms with Gasteiger partial charge in [0, 0.05) is 43.8 Å². The van der Waals surface area contributed by atoms with Crippen LogP contribution in [-0.2, 0) is 10.2 Å². The van der Waals surface area contributed by atoms with Crippen LogP contribution in [0.25, 0.3) is 0 Å². The van der Waals surface area contributed by atoms with E-state index in [1.165, 1.54) is 5.56 Å². The van der Waals surface area contributed by atoms with E-state index in [0.29, 0.717) is 5.92 Å². The number of guanidine groups is 1. The summed E-state index contributed by atoms with van der Waals surface area (Å²) < 4.78 is 5.58. The zero-order valence-corrected chi connectivity index (χ0v) is 17.9. The van der Waals surface area contributed by atoms with Gasteiger partial charge in [0.15, 0.2) is 5.96 Å². The first-order valence-corrected chi connectivity index (χ1v) is 8.72. The number of nitrogens with zero attached hydrogens (tertiary/aromatic N) is 1. The van der Waals surface area contributed by atoms with Crippen molar-refractivity contribution in [2.45, 2.75) is 32.1 Å².